The molecule has 0 atom stereocenters. The van der Waals surface area contributed by atoms with E-state index in [0.717, 1.165) is 25.9 Å². The fourth-order valence-electron chi connectivity index (χ4n) is 2.22. The average molecular weight is 568 g/mol. The van der Waals surface area contributed by atoms with Crippen LogP contribution in [0.2, 0.25) is 0 Å². The van der Waals surface area contributed by atoms with Crippen molar-refractivity contribution in [2.24, 2.45) is 0 Å². The summed E-state index contributed by atoms with van der Waals surface area (Å²) in [5.74, 6) is -1.34. The number of hydrogen-bond donors (Lipinski definition) is 0. The minimum atomic E-state index is -0.411. The van der Waals surface area contributed by atoms with Crippen LogP contribution in [0.15, 0.2) is 0 Å². The predicted molar refractivity (Wildman–Crippen MR) is 135 cm³/mol. The van der Waals surface area contributed by atoms with Crippen molar-refractivity contribution < 1.29 is 67.1 Å². The predicted octanol–water partition coefficient (Wildman–Crippen LogP) is 4.41. The second-order valence-corrected chi connectivity index (χ2v) is 7.70. The Balaban J connectivity index is -0.000000205. The molecule has 10 nitrogen and oxygen atoms in total. The van der Waals surface area contributed by atoms with E-state index < -0.39 is 17.9 Å². The minimum absolute atomic E-state index is 0.0362. The normalized spacial score (nSPS) is 9.03. The van der Waals surface area contributed by atoms with E-state index in [1.54, 1.807) is 41.6 Å². The molecule has 37 heavy (non-hydrogen) atoms. The molecule has 0 rings (SSSR count). The van der Waals surface area contributed by atoms with Gasteiger partial charge in [0.25, 0.3) is 0 Å². The number of carbonyl (C=O) groups excluding carboxylic acids is 6. The molecule has 0 aromatic heterocycles. The number of carbonyl (C=O) groups is 6. The van der Waals surface area contributed by atoms with Gasteiger partial charge < -0.3 is 14.2 Å². The van der Waals surface area contributed by atoms with Crippen LogP contribution in [0.1, 0.15) is 106 Å². The molecule has 0 N–H and O–H groups in total. The zero-order valence-electron chi connectivity index (χ0n) is 23.8. The standard InChI is InChI=1S/3C8H14O3.C2H5O.Ti/c3*1-3-5-7(9)6-8(10)11-4-2;1-2-3;/h3*3-6H2,1-2H3;2H2,1H3;/q;;;-1;+1. The molecule has 0 saturated heterocycles. The topological polar surface area (TPSA) is 139 Å². The van der Waals surface area contributed by atoms with Crippen LogP contribution in [0.3, 0.4) is 0 Å². The van der Waals surface area contributed by atoms with E-state index in [9.17, 15) is 28.8 Å². The molecule has 0 aromatic carbocycles. The number of esters is 3. The van der Waals surface area contributed by atoms with Crippen LogP contribution in [0, 0.1) is 0 Å². The Morgan fingerprint density at radius 3 is 0.811 bits per heavy atom. The van der Waals surface area contributed by atoms with Crippen molar-refractivity contribution in [1.82, 2.24) is 0 Å². The third-order valence-electron chi connectivity index (χ3n) is 3.67. The third kappa shape index (κ3) is 41.5. The van der Waals surface area contributed by atoms with Gasteiger partial charge in [-0.15, -0.1) is 0 Å². The summed E-state index contributed by atoms with van der Waals surface area (Å²) in [6.45, 7) is 14.7. The molecular formula is C26H47O10Ti. The van der Waals surface area contributed by atoms with Gasteiger partial charge in [-0.2, -0.15) is 0 Å². The van der Waals surface area contributed by atoms with Crippen LogP contribution in [-0.2, 0) is 67.1 Å². The fourth-order valence-corrected chi connectivity index (χ4v) is 2.22. The van der Waals surface area contributed by atoms with Gasteiger partial charge in [-0.05, 0) is 40.0 Å². The maximum atomic E-state index is 10.8. The summed E-state index contributed by atoms with van der Waals surface area (Å²) in [4.78, 5) is 64.5. The van der Waals surface area contributed by atoms with Gasteiger partial charge in [0.05, 0.1) is 19.8 Å². The number of ether oxygens (including phenoxy) is 3. The average Bonchev–Trinajstić information content (AvgIpc) is 2.81. The number of ketones is 3. The Morgan fingerprint density at radius 2 is 0.676 bits per heavy atom. The second-order valence-electron chi connectivity index (χ2n) is 7.24. The first kappa shape index (κ1) is 42.2. The monoisotopic (exact) mass is 567 g/mol. The van der Waals surface area contributed by atoms with Crippen LogP contribution < -0.4 is 0 Å². The van der Waals surface area contributed by atoms with Gasteiger partial charge in [0, 0.05) is 19.3 Å². The molecule has 0 aromatic rings. The molecule has 0 unspecified atom stereocenters. The second kappa shape index (κ2) is 34.1. The Labute approximate surface area is 234 Å². The number of rotatable bonds is 16. The number of hydrogen-bond acceptors (Lipinski definition) is 10. The Morgan fingerprint density at radius 1 is 0.459 bits per heavy atom. The molecule has 0 aliphatic rings. The Hall–Kier alpha value is -1.91. The van der Waals surface area contributed by atoms with E-state index in [1.807, 2.05) is 27.7 Å². The molecule has 11 heteroatoms. The number of Topliss-reactive ketones (excluding diaryl/α,β-unsaturated/α-hetero) is 3. The van der Waals surface area contributed by atoms with Crippen molar-refractivity contribution in [3.8, 4) is 0 Å². The van der Waals surface area contributed by atoms with Crippen molar-refractivity contribution in [3.63, 3.8) is 0 Å². The molecule has 0 spiro atoms. The van der Waals surface area contributed by atoms with E-state index in [1.165, 1.54) is 0 Å². The van der Waals surface area contributed by atoms with Crippen LogP contribution in [0.5, 0.6) is 0 Å². The molecule has 0 heterocycles. The summed E-state index contributed by atoms with van der Waals surface area (Å²) in [7, 11) is 0. The summed E-state index contributed by atoms with van der Waals surface area (Å²) < 4.78 is 18.3. The first-order chi connectivity index (χ1) is 17.5. The van der Waals surface area contributed by atoms with E-state index in [4.69, 9.17) is 0 Å². The maximum absolute atomic E-state index is 10.8. The molecule has 0 saturated carbocycles. The summed E-state index contributed by atoms with van der Waals surface area (Å²) in [6, 6.07) is 0. The van der Waals surface area contributed by atoms with E-state index >= 15 is 0 Å². The van der Waals surface area contributed by atoms with E-state index in [2.05, 4.69) is 17.5 Å². The summed E-state index contributed by atoms with van der Waals surface area (Å²) >= 11 is 1.68. The van der Waals surface area contributed by atoms with Gasteiger partial charge in [-0.25, -0.2) is 0 Å². The molecule has 0 aliphatic heterocycles. The van der Waals surface area contributed by atoms with Crippen LogP contribution in [0.25, 0.3) is 0 Å². The first-order valence-electron chi connectivity index (χ1n) is 12.8. The molecule has 0 radical (unpaired) electrons. The summed E-state index contributed by atoms with van der Waals surface area (Å²) in [5, 5.41) is 0. The Bertz CT molecular complexity index is 490. The Kier molecular flexibility index (Phi) is 38.9. The van der Waals surface area contributed by atoms with Gasteiger partial charge >= 0.3 is 55.6 Å². The van der Waals surface area contributed by atoms with Gasteiger partial charge in [-0.1, -0.05) is 20.8 Å². The van der Waals surface area contributed by atoms with Crippen molar-refractivity contribution in [2.45, 2.75) is 106 Å². The van der Waals surface area contributed by atoms with Crippen LogP contribution in [0.4, 0.5) is 0 Å². The summed E-state index contributed by atoms with van der Waals surface area (Å²) in [5.41, 5.74) is 0. The third-order valence-corrected chi connectivity index (χ3v) is 4.12. The van der Waals surface area contributed by atoms with Crippen molar-refractivity contribution in [2.75, 3.05) is 26.4 Å². The molecule has 0 amide bonds. The van der Waals surface area contributed by atoms with Crippen molar-refractivity contribution >= 4 is 35.3 Å². The van der Waals surface area contributed by atoms with Crippen LogP contribution >= 0.6 is 0 Å². The molecule has 0 aliphatic carbocycles. The molecule has 215 valence electrons. The molecule has 0 fully saturated rings. The van der Waals surface area contributed by atoms with E-state index in [0.29, 0.717) is 39.1 Å². The first-order valence-corrected chi connectivity index (χ1v) is 13.5. The van der Waals surface area contributed by atoms with Gasteiger partial charge in [0.1, 0.15) is 36.6 Å². The zero-order chi connectivity index (χ0) is 29.5. The zero-order valence-corrected chi connectivity index (χ0v) is 25.3. The fraction of sp³-hybridized carbons (Fsp3) is 0.769. The molecule has 0 bridgehead atoms. The van der Waals surface area contributed by atoms with Crippen LogP contribution in [-0.4, -0.2) is 61.7 Å². The van der Waals surface area contributed by atoms with Gasteiger partial charge in [0.2, 0.25) is 0 Å². The van der Waals surface area contributed by atoms with Gasteiger partial charge in [-0.3, -0.25) is 28.8 Å². The van der Waals surface area contributed by atoms with E-state index in [-0.39, 0.29) is 36.6 Å². The van der Waals surface area contributed by atoms with Crippen molar-refractivity contribution in [1.29, 1.82) is 0 Å². The van der Waals surface area contributed by atoms with Gasteiger partial charge in [0.15, 0.2) is 0 Å². The molecular weight excluding hydrogens is 520 g/mol. The SMILES string of the molecule is CCCC(=O)CC(=O)OCC.CCCC(=O)CC(=O)OCC.CCCC(=O)CC(=O)OCC.CC[O][Ti]. The summed E-state index contributed by atoms with van der Waals surface area (Å²) in [6.07, 6.45) is 3.58. The van der Waals surface area contributed by atoms with Crippen molar-refractivity contribution in [3.05, 3.63) is 0 Å². The quantitative estimate of drug-likeness (QED) is 0.114.